The number of carbonyl (C=O) groups is 3. The van der Waals surface area contributed by atoms with Crippen molar-refractivity contribution in [1.29, 1.82) is 0 Å². The van der Waals surface area contributed by atoms with Gasteiger partial charge in [-0.05, 0) is 0 Å². The molecule has 3 aliphatic heterocycles. The Bertz CT molecular complexity index is 1230. The van der Waals surface area contributed by atoms with E-state index in [2.05, 4.69) is 25.7 Å². The average molecular weight is 588 g/mol. The normalized spacial score (nSPS) is 21.9. The fourth-order valence-corrected chi connectivity index (χ4v) is 7.33. The van der Waals surface area contributed by atoms with E-state index in [1.54, 1.807) is 22.7 Å². The fourth-order valence-electron chi connectivity index (χ4n) is 3.30. The number of nitrogens with two attached hydrogens (primary N) is 1. The molecular formula is C18H17N7O6S5. The summed E-state index contributed by atoms with van der Waals surface area (Å²) in [5.41, 5.74) is 8.10. The number of nitrogens with one attached hydrogen (secondary N) is 1. The standard InChI is InChI=1S/C18H17N7O6S5/c19-16-21-9(5-34-16)10(24-31-8-3-32-4-8)12(26)22-11-13(27)25-14(30-18(28)29)7(1-33-15(11)25)2-35-17-23-20-6-36-17/h5-6,8,11,15H,1-4H2,(H2,19,21)(H,22,26)(H,28,29)/t11?,15-/m0/s1. The van der Waals surface area contributed by atoms with Crippen molar-refractivity contribution in [3.05, 3.63) is 28.0 Å². The number of ether oxygens (including phenoxy) is 1. The molecule has 3 aliphatic rings. The second-order valence-electron chi connectivity index (χ2n) is 7.41. The topological polar surface area (TPSA) is 182 Å². The first kappa shape index (κ1) is 25.1. The summed E-state index contributed by atoms with van der Waals surface area (Å²) in [7, 11) is 0. The molecule has 0 bridgehead atoms. The molecule has 18 heteroatoms. The Labute approximate surface area is 224 Å². The number of thiazole rings is 1. The van der Waals surface area contributed by atoms with Crippen LogP contribution in [0.4, 0.5) is 9.93 Å². The third-order valence-electron chi connectivity index (χ3n) is 5.05. The zero-order valence-corrected chi connectivity index (χ0v) is 22.1. The Balaban J connectivity index is 1.31. The predicted octanol–water partition coefficient (Wildman–Crippen LogP) is 1.51. The number of nitrogens with zero attached hydrogens (tertiary/aromatic N) is 5. The number of aromatic nitrogens is 3. The molecule has 2 saturated heterocycles. The van der Waals surface area contributed by atoms with Gasteiger partial charge in [-0.25, -0.2) is 9.78 Å². The highest BCUT2D eigenvalue weighted by Crippen LogP contribution is 2.42. The van der Waals surface area contributed by atoms with Gasteiger partial charge in [-0.15, -0.1) is 33.3 Å². The molecular weight excluding hydrogens is 571 g/mol. The number of β-lactam (4-membered cyclic amide) rings is 1. The first-order valence-electron chi connectivity index (χ1n) is 10.2. The molecule has 2 aromatic rings. The summed E-state index contributed by atoms with van der Waals surface area (Å²) < 4.78 is 5.71. The lowest BCUT2D eigenvalue weighted by Gasteiger charge is -2.49. The largest absolute Gasteiger partial charge is 0.512 e. The Kier molecular flexibility index (Phi) is 7.56. The molecule has 190 valence electrons. The quantitative estimate of drug-likeness (QED) is 0.126. The first-order valence-corrected chi connectivity index (χ1v) is 15.2. The van der Waals surface area contributed by atoms with Crippen molar-refractivity contribution >= 4 is 86.8 Å². The molecule has 13 nitrogen and oxygen atoms in total. The molecule has 2 atom stereocenters. The van der Waals surface area contributed by atoms with Crippen molar-refractivity contribution in [2.75, 3.05) is 28.7 Å². The minimum Gasteiger partial charge on any atom is -0.449 e. The summed E-state index contributed by atoms with van der Waals surface area (Å²) in [6, 6.07) is -0.910. The Hall–Kier alpha value is -2.54. The molecule has 2 fully saturated rings. The number of carbonyl (C=O) groups excluding carboxylic acids is 2. The van der Waals surface area contributed by atoms with E-state index in [0.29, 0.717) is 21.4 Å². The molecule has 0 aromatic carbocycles. The van der Waals surface area contributed by atoms with Gasteiger partial charge in [-0.2, -0.15) is 11.8 Å². The van der Waals surface area contributed by atoms with Crippen LogP contribution in [0.3, 0.4) is 0 Å². The zero-order valence-electron chi connectivity index (χ0n) is 18.1. The van der Waals surface area contributed by atoms with Crippen LogP contribution in [0.25, 0.3) is 0 Å². The van der Waals surface area contributed by atoms with Crippen LogP contribution in [0.15, 0.2) is 31.8 Å². The van der Waals surface area contributed by atoms with Crippen LogP contribution < -0.4 is 11.1 Å². The molecule has 5 rings (SSSR count). The molecule has 5 heterocycles. The minimum atomic E-state index is -1.53. The second kappa shape index (κ2) is 10.8. The summed E-state index contributed by atoms with van der Waals surface area (Å²) in [6.45, 7) is 0. The monoisotopic (exact) mass is 587 g/mol. The highest BCUT2D eigenvalue weighted by atomic mass is 32.2. The van der Waals surface area contributed by atoms with Crippen LogP contribution in [-0.2, 0) is 19.2 Å². The SMILES string of the molecule is Nc1nc(C(=NOC2CSC2)C(=O)NC2C(=O)N3C(OC(=O)O)=C(CSc4nncs4)CS[C@@H]23)cs1. The Morgan fingerprint density at radius 2 is 2.19 bits per heavy atom. The Morgan fingerprint density at radius 3 is 2.83 bits per heavy atom. The van der Waals surface area contributed by atoms with Gasteiger partial charge in [0.05, 0.1) is 0 Å². The van der Waals surface area contributed by atoms with Crippen molar-refractivity contribution < 1.29 is 29.1 Å². The summed E-state index contributed by atoms with van der Waals surface area (Å²) in [5.74, 6) is 1.14. The van der Waals surface area contributed by atoms with E-state index < -0.39 is 29.4 Å². The molecule has 0 radical (unpaired) electrons. The van der Waals surface area contributed by atoms with Crippen LogP contribution in [0, 0.1) is 0 Å². The molecule has 0 spiro atoms. The van der Waals surface area contributed by atoms with Crippen LogP contribution in [0.1, 0.15) is 5.69 Å². The van der Waals surface area contributed by atoms with E-state index in [4.69, 9.17) is 15.3 Å². The van der Waals surface area contributed by atoms with Gasteiger partial charge in [0.25, 0.3) is 11.8 Å². The van der Waals surface area contributed by atoms with E-state index in [0.717, 1.165) is 22.8 Å². The zero-order chi connectivity index (χ0) is 25.2. The number of nitrogen functional groups attached to an aromatic ring is 1. The van der Waals surface area contributed by atoms with Gasteiger partial charge in [0.2, 0.25) is 5.88 Å². The molecule has 4 N–H and O–H groups in total. The maximum Gasteiger partial charge on any atom is 0.512 e. The van der Waals surface area contributed by atoms with Crippen molar-refractivity contribution in [2.45, 2.75) is 21.9 Å². The lowest BCUT2D eigenvalue weighted by molar-refractivity contribution is -0.148. The Morgan fingerprint density at radius 1 is 1.36 bits per heavy atom. The number of hydrogen-bond acceptors (Lipinski definition) is 15. The van der Waals surface area contributed by atoms with Crippen LogP contribution in [0.5, 0.6) is 0 Å². The minimum absolute atomic E-state index is 0.0363. The lowest BCUT2D eigenvalue weighted by atomic mass is 10.1. The van der Waals surface area contributed by atoms with Gasteiger partial charge in [0.1, 0.15) is 28.7 Å². The fraction of sp³-hybridized carbons (Fsp3) is 0.389. The maximum absolute atomic E-state index is 13.1. The number of rotatable bonds is 9. The summed E-state index contributed by atoms with van der Waals surface area (Å²) >= 11 is 6.97. The van der Waals surface area contributed by atoms with Crippen LogP contribution in [0.2, 0.25) is 0 Å². The van der Waals surface area contributed by atoms with E-state index in [9.17, 15) is 19.5 Å². The van der Waals surface area contributed by atoms with Crippen molar-refractivity contribution in [2.24, 2.45) is 5.16 Å². The van der Waals surface area contributed by atoms with E-state index in [-0.39, 0.29) is 28.5 Å². The third kappa shape index (κ3) is 5.26. The van der Waals surface area contributed by atoms with Gasteiger partial charge in [-0.1, -0.05) is 28.3 Å². The number of thioether (sulfide) groups is 3. The number of anilines is 1. The molecule has 0 saturated carbocycles. The molecule has 0 aliphatic carbocycles. The van der Waals surface area contributed by atoms with Crippen LogP contribution >= 0.6 is 58.0 Å². The smallest absolute Gasteiger partial charge is 0.449 e. The van der Waals surface area contributed by atoms with Crippen molar-refractivity contribution in [1.82, 2.24) is 25.4 Å². The number of hydrogen-bond donors (Lipinski definition) is 3. The van der Waals surface area contributed by atoms with Gasteiger partial charge < -0.3 is 25.7 Å². The highest BCUT2D eigenvalue weighted by Gasteiger charge is 2.54. The molecule has 2 amide bonds. The first-order chi connectivity index (χ1) is 17.4. The van der Waals surface area contributed by atoms with Crippen molar-refractivity contribution in [3.63, 3.8) is 0 Å². The molecule has 1 unspecified atom stereocenters. The van der Waals surface area contributed by atoms with E-state index in [1.165, 1.54) is 39.8 Å². The predicted molar refractivity (Wildman–Crippen MR) is 137 cm³/mol. The lowest BCUT2D eigenvalue weighted by Crippen LogP contribution is -2.70. The van der Waals surface area contributed by atoms with Crippen LogP contribution in [-0.4, -0.2) is 89.4 Å². The number of carboxylic acid groups (broad SMARTS) is 1. The third-order valence-corrected chi connectivity index (χ3v) is 10.2. The summed E-state index contributed by atoms with van der Waals surface area (Å²) in [6.07, 6.45) is -1.63. The molecule has 36 heavy (non-hydrogen) atoms. The number of amides is 2. The average Bonchev–Trinajstić information content (AvgIpc) is 3.49. The van der Waals surface area contributed by atoms with Crippen molar-refractivity contribution in [3.8, 4) is 0 Å². The summed E-state index contributed by atoms with van der Waals surface area (Å²) in [5, 5.41) is 25.0. The number of oxime groups is 1. The van der Waals surface area contributed by atoms with Gasteiger partial charge in [0, 0.05) is 34.0 Å². The molecule has 2 aromatic heterocycles. The van der Waals surface area contributed by atoms with Gasteiger partial charge in [-0.3, -0.25) is 14.5 Å². The second-order valence-corrected chi connectivity index (χ2v) is 12.5. The van der Waals surface area contributed by atoms with E-state index >= 15 is 0 Å². The maximum atomic E-state index is 13.1. The number of fused-ring (bicyclic) bond motifs is 1. The van der Waals surface area contributed by atoms with Gasteiger partial charge in [0.15, 0.2) is 15.2 Å². The van der Waals surface area contributed by atoms with Gasteiger partial charge >= 0.3 is 6.16 Å². The summed E-state index contributed by atoms with van der Waals surface area (Å²) in [4.78, 5) is 48.3. The van der Waals surface area contributed by atoms with E-state index in [1.807, 2.05) is 0 Å². The highest BCUT2D eigenvalue weighted by molar-refractivity contribution is 8.02.